The van der Waals surface area contributed by atoms with Crippen LogP contribution < -0.4 is 0 Å². The van der Waals surface area contributed by atoms with E-state index in [0.29, 0.717) is 0 Å². The van der Waals surface area contributed by atoms with Crippen molar-refractivity contribution >= 4 is 28.9 Å². The molecule has 1 heterocycles. The predicted octanol–water partition coefficient (Wildman–Crippen LogP) is 5.31. The van der Waals surface area contributed by atoms with Crippen molar-refractivity contribution in [1.82, 2.24) is 9.88 Å². The molecule has 0 atom stereocenters. The minimum atomic E-state index is 0. The molecular weight excluding hydrogens is 368 g/mol. The molecule has 0 spiro atoms. The van der Waals surface area contributed by atoms with Gasteiger partial charge in [-0.05, 0) is 66.9 Å². The number of rotatable bonds is 3. The summed E-state index contributed by atoms with van der Waals surface area (Å²) in [6.45, 7) is 5.49. The molecule has 0 fully saturated rings. The monoisotopic (exact) mass is 394 g/mol. The van der Waals surface area contributed by atoms with Crippen molar-refractivity contribution < 1.29 is 5.11 Å². The van der Waals surface area contributed by atoms with E-state index in [9.17, 15) is 5.11 Å². The highest BCUT2D eigenvalue weighted by atomic mass is 35.5. The highest BCUT2D eigenvalue weighted by Crippen LogP contribution is 2.45. The number of hydrogen-bond donors (Lipinski definition) is 1. The van der Waals surface area contributed by atoms with Crippen molar-refractivity contribution in [1.29, 1.82) is 0 Å². The average molecular weight is 395 g/mol. The van der Waals surface area contributed by atoms with Crippen LogP contribution in [-0.4, -0.2) is 35.6 Å². The third kappa shape index (κ3) is 3.65. The summed E-state index contributed by atoms with van der Waals surface area (Å²) >= 11 is 0. The minimum absolute atomic E-state index is 0. The van der Waals surface area contributed by atoms with Crippen LogP contribution >= 0.6 is 12.4 Å². The zero-order chi connectivity index (χ0) is 19.2. The van der Waals surface area contributed by atoms with E-state index in [1.807, 2.05) is 18.2 Å². The SMILES string of the molecule is CN(C)CC1=C(c2cccc(O)c2)c2nc3ccccc3cc2CC1(C)C.Cl. The summed E-state index contributed by atoms with van der Waals surface area (Å²) in [5, 5.41) is 11.3. The van der Waals surface area contributed by atoms with Crippen LogP contribution in [-0.2, 0) is 6.42 Å². The van der Waals surface area contributed by atoms with E-state index in [2.05, 4.69) is 63.2 Å². The first kappa shape index (κ1) is 20.4. The van der Waals surface area contributed by atoms with Crippen LogP contribution in [0.15, 0.2) is 60.2 Å². The molecule has 0 radical (unpaired) electrons. The first-order chi connectivity index (χ1) is 12.8. The number of hydrogen-bond acceptors (Lipinski definition) is 3. The Kier molecular flexibility index (Phi) is 5.51. The van der Waals surface area contributed by atoms with Crippen LogP contribution in [0.2, 0.25) is 0 Å². The van der Waals surface area contributed by atoms with Crippen LogP contribution in [0.1, 0.15) is 30.7 Å². The van der Waals surface area contributed by atoms with Crippen molar-refractivity contribution in [2.45, 2.75) is 20.3 Å². The van der Waals surface area contributed by atoms with Gasteiger partial charge in [-0.15, -0.1) is 12.4 Å². The van der Waals surface area contributed by atoms with E-state index in [1.54, 1.807) is 6.07 Å². The van der Waals surface area contributed by atoms with Gasteiger partial charge >= 0.3 is 0 Å². The Labute approximate surface area is 173 Å². The van der Waals surface area contributed by atoms with Gasteiger partial charge in [-0.1, -0.05) is 44.2 Å². The molecule has 2 aromatic carbocycles. The lowest BCUT2D eigenvalue weighted by atomic mass is 9.69. The quantitative estimate of drug-likeness (QED) is 0.654. The second-order valence-electron chi connectivity index (χ2n) is 8.39. The third-order valence-corrected chi connectivity index (χ3v) is 5.40. The second kappa shape index (κ2) is 7.57. The van der Waals surface area contributed by atoms with E-state index in [4.69, 9.17) is 4.98 Å². The number of para-hydroxylation sites is 1. The lowest BCUT2D eigenvalue weighted by Gasteiger charge is -2.38. The Hall–Kier alpha value is -2.36. The zero-order valence-corrected chi connectivity index (χ0v) is 17.7. The van der Waals surface area contributed by atoms with Gasteiger partial charge in [0.25, 0.3) is 0 Å². The van der Waals surface area contributed by atoms with Crippen LogP contribution in [0, 0.1) is 5.41 Å². The van der Waals surface area contributed by atoms with Gasteiger partial charge in [-0.3, -0.25) is 0 Å². The second-order valence-corrected chi connectivity index (χ2v) is 8.39. The number of benzene rings is 2. The molecule has 1 aliphatic carbocycles. The van der Waals surface area contributed by atoms with Crippen molar-refractivity contribution in [3.63, 3.8) is 0 Å². The number of phenols is 1. The molecule has 3 aromatic rings. The third-order valence-electron chi connectivity index (χ3n) is 5.40. The maximum Gasteiger partial charge on any atom is 0.116 e. The van der Waals surface area contributed by atoms with Gasteiger partial charge in [0.15, 0.2) is 0 Å². The Morgan fingerprint density at radius 2 is 1.79 bits per heavy atom. The summed E-state index contributed by atoms with van der Waals surface area (Å²) in [4.78, 5) is 7.28. The molecule has 0 unspecified atom stereocenters. The van der Waals surface area contributed by atoms with E-state index < -0.39 is 0 Å². The number of fused-ring (bicyclic) bond motifs is 2. The molecule has 1 aliphatic rings. The molecule has 3 nitrogen and oxygen atoms in total. The van der Waals surface area contributed by atoms with Gasteiger partial charge in [-0.2, -0.15) is 0 Å². The molecule has 0 saturated heterocycles. The summed E-state index contributed by atoms with van der Waals surface area (Å²) in [7, 11) is 4.21. The standard InChI is InChI=1S/C24H26N2O.ClH/c1-24(2)14-18-12-16-8-5-6-11-21(16)25-23(18)22(20(24)15-26(3)4)17-9-7-10-19(27)13-17;/h5-13,27H,14-15H2,1-4H3;1H. The van der Waals surface area contributed by atoms with Crippen LogP contribution in [0.4, 0.5) is 0 Å². The van der Waals surface area contributed by atoms with Crippen molar-refractivity contribution in [2.75, 3.05) is 20.6 Å². The van der Waals surface area contributed by atoms with Gasteiger partial charge in [0.2, 0.25) is 0 Å². The lowest BCUT2D eigenvalue weighted by Crippen LogP contribution is -2.31. The molecule has 4 heteroatoms. The van der Waals surface area contributed by atoms with Crippen molar-refractivity contribution in [3.8, 4) is 5.75 Å². The lowest BCUT2D eigenvalue weighted by molar-refractivity contribution is 0.360. The number of pyridine rings is 1. The number of aromatic nitrogens is 1. The summed E-state index contributed by atoms with van der Waals surface area (Å²) in [5.41, 5.74) is 6.92. The number of phenolic OH excluding ortho intramolecular Hbond substituents is 1. The van der Waals surface area contributed by atoms with E-state index in [-0.39, 0.29) is 23.6 Å². The Balaban J connectivity index is 0.00000225. The Bertz CT molecular complexity index is 1050. The molecular formula is C24H27ClN2O. The maximum absolute atomic E-state index is 10.1. The normalized spacial score (nSPS) is 15.5. The molecule has 0 saturated carbocycles. The summed E-state index contributed by atoms with van der Waals surface area (Å²) < 4.78 is 0. The number of likely N-dealkylation sites (N-methyl/N-ethyl adjacent to an activating group) is 1. The van der Waals surface area contributed by atoms with Gasteiger partial charge in [0, 0.05) is 17.5 Å². The zero-order valence-electron chi connectivity index (χ0n) is 16.9. The molecule has 0 aliphatic heterocycles. The van der Waals surface area contributed by atoms with Crippen LogP contribution in [0.3, 0.4) is 0 Å². The number of nitrogens with zero attached hydrogens (tertiary/aromatic N) is 2. The molecule has 0 amide bonds. The van der Waals surface area contributed by atoms with E-state index in [1.165, 1.54) is 16.5 Å². The Morgan fingerprint density at radius 1 is 1.04 bits per heavy atom. The summed E-state index contributed by atoms with van der Waals surface area (Å²) in [6.07, 6.45) is 0.964. The fourth-order valence-electron chi connectivity index (χ4n) is 4.16. The maximum atomic E-state index is 10.1. The first-order valence-corrected chi connectivity index (χ1v) is 9.42. The smallest absolute Gasteiger partial charge is 0.116 e. The van der Waals surface area contributed by atoms with Crippen molar-refractivity contribution in [3.05, 3.63) is 77.0 Å². The van der Waals surface area contributed by atoms with E-state index in [0.717, 1.165) is 35.3 Å². The van der Waals surface area contributed by atoms with Crippen LogP contribution in [0.25, 0.3) is 16.5 Å². The first-order valence-electron chi connectivity index (χ1n) is 9.42. The van der Waals surface area contributed by atoms with E-state index >= 15 is 0 Å². The number of halogens is 1. The summed E-state index contributed by atoms with van der Waals surface area (Å²) in [6, 6.07) is 18.1. The highest BCUT2D eigenvalue weighted by Gasteiger charge is 2.35. The topological polar surface area (TPSA) is 36.4 Å². The molecule has 0 bridgehead atoms. The van der Waals surface area contributed by atoms with Gasteiger partial charge in [-0.25, -0.2) is 4.98 Å². The van der Waals surface area contributed by atoms with Gasteiger partial charge < -0.3 is 10.0 Å². The molecule has 1 N–H and O–H groups in total. The molecule has 1 aromatic heterocycles. The Morgan fingerprint density at radius 3 is 2.50 bits per heavy atom. The fourth-order valence-corrected chi connectivity index (χ4v) is 4.16. The van der Waals surface area contributed by atoms with Gasteiger partial charge in [0.05, 0.1) is 11.2 Å². The largest absolute Gasteiger partial charge is 0.508 e. The molecule has 28 heavy (non-hydrogen) atoms. The highest BCUT2D eigenvalue weighted by molar-refractivity contribution is 5.89. The number of aromatic hydroxyl groups is 1. The molecule has 4 rings (SSSR count). The summed E-state index contributed by atoms with van der Waals surface area (Å²) in [5.74, 6) is 0.287. The minimum Gasteiger partial charge on any atom is -0.508 e. The fraction of sp³-hybridized carbons (Fsp3) is 0.292. The average Bonchev–Trinajstić information content (AvgIpc) is 2.60. The van der Waals surface area contributed by atoms with Crippen LogP contribution in [0.5, 0.6) is 5.75 Å². The molecule has 146 valence electrons. The van der Waals surface area contributed by atoms with Gasteiger partial charge in [0.1, 0.15) is 5.75 Å². The van der Waals surface area contributed by atoms with Crippen molar-refractivity contribution in [2.24, 2.45) is 5.41 Å². The predicted molar refractivity (Wildman–Crippen MR) is 119 cm³/mol.